The van der Waals surface area contributed by atoms with Crippen molar-refractivity contribution in [3.63, 3.8) is 0 Å². The van der Waals surface area contributed by atoms with E-state index in [1.807, 2.05) is 6.07 Å². The van der Waals surface area contributed by atoms with Crippen LogP contribution in [0, 0.1) is 12.8 Å². The molecule has 1 N–H and O–H groups in total. The van der Waals surface area contributed by atoms with Crippen LogP contribution in [0.4, 0.5) is 0 Å². The Bertz CT molecular complexity index is 324. The molecule has 1 aliphatic heterocycles. The van der Waals surface area contributed by atoms with E-state index >= 15 is 0 Å². The van der Waals surface area contributed by atoms with Gasteiger partial charge in [0.15, 0.2) is 0 Å². The van der Waals surface area contributed by atoms with Gasteiger partial charge in [-0.15, -0.1) is 12.4 Å². The van der Waals surface area contributed by atoms with E-state index in [0.717, 1.165) is 18.3 Å². The average molecular weight is 256 g/mol. The number of hydrogen-bond acceptors (Lipinski definition) is 2. The van der Waals surface area contributed by atoms with Gasteiger partial charge in [-0.2, -0.15) is 0 Å². The Morgan fingerprint density at radius 2 is 1.94 bits per heavy atom. The SMILES string of the molecule is Cc1ccccc1OCCC1CCNCC1.Cl. The Balaban J connectivity index is 0.00000144. The molecule has 1 fully saturated rings. The Labute approximate surface area is 110 Å². The second-order valence-electron chi connectivity index (χ2n) is 4.60. The van der Waals surface area contributed by atoms with Crippen molar-refractivity contribution in [2.45, 2.75) is 26.2 Å². The third-order valence-corrected chi connectivity index (χ3v) is 3.34. The van der Waals surface area contributed by atoms with Gasteiger partial charge >= 0.3 is 0 Å². The number of hydrogen-bond donors (Lipinski definition) is 1. The number of ether oxygens (including phenoxy) is 1. The molecule has 0 amide bonds. The van der Waals surface area contributed by atoms with Crippen molar-refractivity contribution in [2.24, 2.45) is 5.92 Å². The van der Waals surface area contributed by atoms with Gasteiger partial charge in [0.2, 0.25) is 0 Å². The summed E-state index contributed by atoms with van der Waals surface area (Å²) in [5.41, 5.74) is 1.23. The van der Waals surface area contributed by atoms with Gasteiger partial charge in [-0.25, -0.2) is 0 Å². The van der Waals surface area contributed by atoms with Crippen molar-refractivity contribution in [3.05, 3.63) is 29.8 Å². The Hall–Kier alpha value is -0.730. The lowest BCUT2D eigenvalue weighted by Crippen LogP contribution is -2.28. The van der Waals surface area contributed by atoms with E-state index in [-0.39, 0.29) is 12.4 Å². The van der Waals surface area contributed by atoms with E-state index < -0.39 is 0 Å². The molecule has 0 atom stereocenters. The molecule has 2 nitrogen and oxygen atoms in total. The Morgan fingerprint density at radius 1 is 1.24 bits per heavy atom. The summed E-state index contributed by atoms with van der Waals surface area (Å²) in [5, 5.41) is 3.39. The van der Waals surface area contributed by atoms with Gasteiger partial charge in [0.05, 0.1) is 6.61 Å². The highest BCUT2D eigenvalue weighted by Crippen LogP contribution is 2.19. The lowest BCUT2D eigenvalue weighted by molar-refractivity contribution is 0.251. The normalized spacial score (nSPS) is 16.3. The number of para-hydroxylation sites is 1. The molecule has 1 aliphatic rings. The van der Waals surface area contributed by atoms with Crippen molar-refractivity contribution in [1.29, 1.82) is 0 Å². The first-order valence-electron chi connectivity index (χ1n) is 6.25. The molecule has 0 spiro atoms. The topological polar surface area (TPSA) is 21.3 Å². The summed E-state index contributed by atoms with van der Waals surface area (Å²) in [6.07, 6.45) is 3.80. The molecule has 0 saturated carbocycles. The van der Waals surface area contributed by atoms with Crippen LogP contribution in [0.5, 0.6) is 5.75 Å². The van der Waals surface area contributed by atoms with Gasteiger partial charge in [-0.05, 0) is 56.8 Å². The molecule has 0 aliphatic carbocycles. The van der Waals surface area contributed by atoms with Crippen LogP contribution < -0.4 is 10.1 Å². The minimum atomic E-state index is 0. The van der Waals surface area contributed by atoms with Crippen molar-refractivity contribution in [2.75, 3.05) is 19.7 Å². The van der Waals surface area contributed by atoms with Crippen LogP contribution >= 0.6 is 12.4 Å². The lowest BCUT2D eigenvalue weighted by Gasteiger charge is -2.22. The van der Waals surface area contributed by atoms with Crippen LogP contribution in [-0.4, -0.2) is 19.7 Å². The molecular formula is C14H22ClNO. The van der Waals surface area contributed by atoms with E-state index in [2.05, 4.69) is 30.4 Å². The quantitative estimate of drug-likeness (QED) is 0.892. The first-order chi connectivity index (χ1) is 7.86. The van der Waals surface area contributed by atoms with Crippen LogP contribution in [0.1, 0.15) is 24.8 Å². The van der Waals surface area contributed by atoms with Crippen LogP contribution in [0.25, 0.3) is 0 Å². The molecule has 1 aromatic carbocycles. The number of piperidine rings is 1. The van der Waals surface area contributed by atoms with E-state index in [1.165, 1.54) is 37.9 Å². The van der Waals surface area contributed by atoms with Gasteiger partial charge < -0.3 is 10.1 Å². The van der Waals surface area contributed by atoms with Crippen molar-refractivity contribution < 1.29 is 4.74 Å². The smallest absolute Gasteiger partial charge is 0.122 e. The van der Waals surface area contributed by atoms with E-state index in [9.17, 15) is 0 Å². The molecule has 1 aromatic rings. The predicted octanol–water partition coefficient (Wildman–Crippen LogP) is 3.19. The predicted molar refractivity (Wildman–Crippen MR) is 74.1 cm³/mol. The molecular weight excluding hydrogens is 234 g/mol. The second kappa shape index (κ2) is 7.57. The standard InChI is InChI=1S/C14H21NO.ClH/c1-12-4-2-3-5-14(12)16-11-8-13-6-9-15-10-7-13;/h2-5,13,15H,6-11H2,1H3;1H. The summed E-state index contributed by atoms with van der Waals surface area (Å²) in [6, 6.07) is 8.24. The maximum absolute atomic E-state index is 5.82. The monoisotopic (exact) mass is 255 g/mol. The number of benzene rings is 1. The zero-order valence-electron chi connectivity index (χ0n) is 10.4. The summed E-state index contributed by atoms with van der Waals surface area (Å²) in [4.78, 5) is 0. The first-order valence-corrected chi connectivity index (χ1v) is 6.25. The largest absolute Gasteiger partial charge is 0.493 e. The molecule has 2 rings (SSSR count). The van der Waals surface area contributed by atoms with Gasteiger partial charge in [-0.1, -0.05) is 18.2 Å². The van der Waals surface area contributed by atoms with Gasteiger partial charge in [-0.3, -0.25) is 0 Å². The summed E-state index contributed by atoms with van der Waals surface area (Å²) in [6.45, 7) is 5.31. The molecule has 96 valence electrons. The highest BCUT2D eigenvalue weighted by atomic mass is 35.5. The summed E-state index contributed by atoms with van der Waals surface area (Å²) in [5.74, 6) is 1.89. The third-order valence-electron chi connectivity index (χ3n) is 3.34. The molecule has 1 saturated heterocycles. The van der Waals surface area contributed by atoms with E-state index in [1.54, 1.807) is 0 Å². The van der Waals surface area contributed by atoms with Crippen LogP contribution in [0.15, 0.2) is 24.3 Å². The zero-order valence-corrected chi connectivity index (χ0v) is 11.3. The summed E-state index contributed by atoms with van der Waals surface area (Å²) >= 11 is 0. The maximum atomic E-state index is 5.82. The van der Waals surface area contributed by atoms with Gasteiger partial charge in [0.1, 0.15) is 5.75 Å². The Morgan fingerprint density at radius 3 is 2.65 bits per heavy atom. The minimum absolute atomic E-state index is 0. The van der Waals surface area contributed by atoms with Gasteiger partial charge in [0.25, 0.3) is 0 Å². The van der Waals surface area contributed by atoms with Gasteiger partial charge in [0, 0.05) is 0 Å². The molecule has 0 radical (unpaired) electrons. The number of halogens is 1. The number of nitrogens with one attached hydrogen (secondary N) is 1. The van der Waals surface area contributed by atoms with Crippen molar-refractivity contribution in [3.8, 4) is 5.75 Å². The van der Waals surface area contributed by atoms with Crippen LogP contribution in [0.2, 0.25) is 0 Å². The molecule has 0 bridgehead atoms. The third kappa shape index (κ3) is 4.57. The summed E-state index contributed by atoms with van der Waals surface area (Å²) in [7, 11) is 0. The van der Waals surface area contributed by atoms with E-state index in [0.29, 0.717) is 0 Å². The van der Waals surface area contributed by atoms with Crippen LogP contribution in [-0.2, 0) is 0 Å². The molecule has 17 heavy (non-hydrogen) atoms. The highest BCUT2D eigenvalue weighted by Gasteiger charge is 2.12. The van der Waals surface area contributed by atoms with E-state index in [4.69, 9.17) is 4.74 Å². The number of aryl methyl sites for hydroxylation is 1. The minimum Gasteiger partial charge on any atom is -0.493 e. The summed E-state index contributed by atoms with van der Waals surface area (Å²) < 4.78 is 5.82. The lowest BCUT2D eigenvalue weighted by atomic mass is 9.95. The fraction of sp³-hybridized carbons (Fsp3) is 0.571. The molecule has 1 heterocycles. The second-order valence-corrected chi connectivity index (χ2v) is 4.60. The highest BCUT2D eigenvalue weighted by molar-refractivity contribution is 5.85. The fourth-order valence-electron chi connectivity index (χ4n) is 2.22. The van der Waals surface area contributed by atoms with Crippen molar-refractivity contribution in [1.82, 2.24) is 5.32 Å². The molecule has 3 heteroatoms. The molecule has 0 aromatic heterocycles. The average Bonchev–Trinajstić information content (AvgIpc) is 2.33. The first kappa shape index (κ1) is 14.3. The number of rotatable bonds is 4. The maximum Gasteiger partial charge on any atom is 0.122 e. The van der Waals surface area contributed by atoms with Crippen molar-refractivity contribution >= 4 is 12.4 Å². The fourth-order valence-corrected chi connectivity index (χ4v) is 2.22. The molecule has 0 unspecified atom stereocenters. The Kier molecular flexibility index (Phi) is 6.38. The zero-order chi connectivity index (χ0) is 11.2. The van der Waals surface area contributed by atoms with Crippen LogP contribution in [0.3, 0.4) is 0 Å².